The van der Waals surface area contributed by atoms with Gasteiger partial charge in [0, 0.05) is 7.11 Å². The summed E-state index contributed by atoms with van der Waals surface area (Å²) in [5.41, 5.74) is 0. The molecule has 0 atom stereocenters. The summed E-state index contributed by atoms with van der Waals surface area (Å²) in [6.45, 7) is 2.73. The molecule has 0 radical (unpaired) electrons. The van der Waals surface area contributed by atoms with Gasteiger partial charge < -0.3 is 11.2 Å². The molecule has 0 rings (SSSR count). The van der Waals surface area contributed by atoms with E-state index in [1.54, 1.807) is 7.11 Å². The largest absolute Gasteiger partial charge is 1.00 e. The Morgan fingerprint density at radius 2 is 2.17 bits per heavy atom. The molecule has 0 N–H and O–H groups in total. The molecule has 0 bridgehead atoms. The van der Waals surface area contributed by atoms with E-state index in [4.69, 9.17) is 0 Å². The van der Waals surface area contributed by atoms with Gasteiger partial charge in [-0.2, -0.15) is 6.92 Å². The van der Waals surface area contributed by atoms with Gasteiger partial charge in [0.2, 0.25) is 0 Å². The van der Waals surface area contributed by atoms with Crippen LogP contribution < -0.4 is 58.2 Å². The summed E-state index contributed by atoms with van der Waals surface area (Å²) in [7, 11) is 1.68. The monoisotopic (exact) mass is 158 g/mol. The van der Waals surface area contributed by atoms with Crippen LogP contribution in [0.1, 0.15) is 6.92 Å². The first kappa shape index (κ1) is 10.7. The molecule has 0 saturated carbocycles. The van der Waals surface area contributed by atoms with E-state index in [0.29, 0.717) is 0 Å². The van der Waals surface area contributed by atoms with Crippen LogP contribution in [-0.4, -0.2) is 13.7 Å². The third-order valence-corrected chi connectivity index (χ3v) is 0.333. The first-order valence-electron chi connectivity index (χ1n) is 1.68. The van der Waals surface area contributed by atoms with Gasteiger partial charge in [-0.1, -0.05) is 6.61 Å². The Morgan fingerprint density at radius 3 is 2.17 bits per heavy atom. The summed E-state index contributed by atoms with van der Waals surface area (Å²) in [5.74, 6) is 0. The topological polar surface area (TPSA) is 9.23 Å². The van der Waals surface area contributed by atoms with Crippen molar-refractivity contribution in [3.05, 3.63) is 6.42 Å². The van der Waals surface area contributed by atoms with Crippen molar-refractivity contribution in [3.63, 3.8) is 0 Å². The van der Waals surface area contributed by atoms with E-state index in [9.17, 15) is 0 Å². The van der Waals surface area contributed by atoms with E-state index in [0.717, 1.165) is 6.61 Å². The Morgan fingerprint density at radius 1 is 1.67 bits per heavy atom. The first-order valence-corrected chi connectivity index (χ1v) is 1.68. The molecular weight excluding hydrogens is 150 g/mol. The standard InChI is InChI=1S/C4H9O.Rb/c1-3-4-5-2;/h3H,4H2,1-2H3;/q-1;+1. The molecule has 0 aromatic rings. The zero-order chi connectivity index (χ0) is 4.12. The van der Waals surface area contributed by atoms with Gasteiger partial charge in [-0.15, -0.1) is 0 Å². The summed E-state index contributed by atoms with van der Waals surface area (Å²) in [5, 5.41) is 0. The minimum atomic E-state index is 0. The van der Waals surface area contributed by atoms with Crippen molar-refractivity contribution >= 4 is 0 Å². The van der Waals surface area contributed by atoms with Gasteiger partial charge in [0.25, 0.3) is 0 Å². The van der Waals surface area contributed by atoms with Crippen LogP contribution in [0.4, 0.5) is 0 Å². The van der Waals surface area contributed by atoms with Crippen LogP contribution in [0, 0.1) is 6.42 Å². The quantitative estimate of drug-likeness (QED) is 0.417. The third-order valence-electron chi connectivity index (χ3n) is 0.333. The second kappa shape index (κ2) is 9.90. The molecule has 0 spiro atoms. The summed E-state index contributed by atoms with van der Waals surface area (Å²) in [6.07, 6.45) is 1.96. The summed E-state index contributed by atoms with van der Waals surface area (Å²) in [4.78, 5) is 0. The van der Waals surface area contributed by atoms with Crippen LogP contribution >= 0.6 is 0 Å². The van der Waals surface area contributed by atoms with Crippen LogP contribution in [0.5, 0.6) is 0 Å². The fourth-order valence-corrected chi connectivity index (χ4v) is 0.167. The van der Waals surface area contributed by atoms with E-state index in [2.05, 4.69) is 4.74 Å². The first-order chi connectivity index (χ1) is 2.41. The van der Waals surface area contributed by atoms with Crippen LogP contribution in [0.15, 0.2) is 0 Å². The van der Waals surface area contributed by atoms with Crippen molar-refractivity contribution in [3.8, 4) is 0 Å². The molecule has 0 heterocycles. The fourth-order valence-electron chi connectivity index (χ4n) is 0.167. The van der Waals surface area contributed by atoms with Crippen molar-refractivity contribution in [2.45, 2.75) is 6.92 Å². The Hall–Kier alpha value is 1.77. The summed E-state index contributed by atoms with van der Waals surface area (Å²) in [6, 6.07) is 0. The molecule has 0 amide bonds. The normalized spacial score (nSPS) is 7.00. The van der Waals surface area contributed by atoms with E-state index >= 15 is 0 Å². The molecule has 6 heavy (non-hydrogen) atoms. The predicted octanol–water partition coefficient (Wildman–Crippen LogP) is -2.14. The zero-order valence-corrected chi connectivity index (χ0v) is 9.61. The number of rotatable bonds is 2. The van der Waals surface area contributed by atoms with Crippen molar-refractivity contribution in [1.82, 2.24) is 0 Å². The van der Waals surface area contributed by atoms with E-state index in [1.807, 2.05) is 13.3 Å². The Balaban J connectivity index is 0. The van der Waals surface area contributed by atoms with Crippen LogP contribution in [0.3, 0.4) is 0 Å². The summed E-state index contributed by atoms with van der Waals surface area (Å²) < 4.78 is 4.64. The Kier molecular flexibility index (Phi) is 17.6. The zero-order valence-electron chi connectivity index (χ0n) is 4.69. The number of methoxy groups -OCH3 is 1. The number of hydrogen-bond acceptors (Lipinski definition) is 1. The second-order valence-corrected chi connectivity index (χ2v) is 0.864. The molecular formula is C4H9ORb. The Bertz CT molecular complexity index is 15.0. The molecule has 0 fully saturated rings. The van der Waals surface area contributed by atoms with Gasteiger partial charge in [-0.05, 0) is 0 Å². The second-order valence-electron chi connectivity index (χ2n) is 0.864. The van der Waals surface area contributed by atoms with E-state index in [-0.39, 0.29) is 58.2 Å². The van der Waals surface area contributed by atoms with Gasteiger partial charge in [0.15, 0.2) is 0 Å². The number of ether oxygens (including phenoxy) is 1. The van der Waals surface area contributed by atoms with Gasteiger partial charge in [0.1, 0.15) is 0 Å². The maximum Gasteiger partial charge on any atom is 1.00 e. The van der Waals surface area contributed by atoms with Gasteiger partial charge in [-0.3, -0.25) is 0 Å². The molecule has 0 unspecified atom stereocenters. The molecule has 0 aliphatic carbocycles. The molecule has 2 heteroatoms. The molecule has 0 saturated heterocycles. The van der Waals surface area contributed by atoms with Crippen molar-refractivity contribution in [1.29, 1.82) is 0 Å². The Labute approximate surface area is 88.2 Å². The smallest absolute Gasteiger partial charge is 0.416 e. The van der Waals surface area contributed by atoms with Crippen molar-refractivity contribution in [2.24, 2.45) is 0 Å². The minimum Gasteiger partial charge on any atom is -0.416 e. The SMILES string of the molecule is C[CH-]COC.[Rb+]. The molecule has 1 nitrogen and oxygen atoms in total. The predicted molar refractivity (Wildman–Crippen MR) is 21.8 cm³/mol. The minimum absolute atomic E-state index is 0. The fraction of sp³-hybridized carbons (Fsp3) is 0.750. The molecule has 0 aromatic carbocycles. The summed E-state index contributed by atoms with van der Waals surface area (Å²) >= 11 is 0. The molecule has 0 aliphatic rings. The van der Waals surface area contributed by atoms with E-state index < -0.39 is 0 Å². The van der Waals surface area contributed by atoms with Crippen molar-refractivity contribution < 1.29 is 62.9 Å². The van der Waals surface area contributed by atoms with Gasteiger partial charge in [-0.25, -0.2) is 0 Å². The number of hydrogen-bond donors (Lipinski definition) is 0. The third kappa shape index (κ3) is 9.23. The van der Waals surface area contributed by atoms with Gasteiger partial charge >= 0.3 is 58.2 Å². The van der Waals surface area contributed by atoms with Gasteiger partial charge in [0.05, 0.1) is 0 Å². The van der Waals surface area contributed by atoms with Crippen LogP contribution in [0.25, 0.3) is 0 Å². The van der Waals surface area contributed by atoms with Crippen LogP contribution in [0.2, 0.25) is 0 Å². The average molecular weight is 159 g/mol. The average Bonchev–Trinajstić information content (AvgIpc) is 1.41. The molecule has 0 aliphatic heterocycles. The maximum absolute atomic E-state index is 4.64. The molecule has 0 aromatic heterocycles. The van der Waals surface area contributed by atoms with Crippen molar-refractivity contribution in [2.75, 3.05) is 13.7 Å². The molecule has 32 valence electrons. The maximum atomic E-state index is 4.64. The van der Waals surface area contributed by atoms with Crippen LogP contribution in [-0.2, 0) is 4.74 Å². The van der Waals surface area contributed by atoms with E-state index in [1.165, 1.54) is 0 Å².